The van der Waals surface area contributed by atoms with Gasteiger partial charge in [-0.05, 0) is 46.0 Å². The minimum atomic E-state index is -3.45. The number of benzene rings is 4. The molecule has 4 rings (SSSR count). The van der Waals surface area contributed by atoms with E-state index < -0.39 is 15.9 Å². The number of carbonyl (C=O) groups excluding carboxylic acids is 1. The van der Waals surface area contributed by atoms with Crippen molar-refractivity contribution in [2.45, 2.75) is 18.0 Å². The number of sulfone groups is 1. The zero-order valence-corrected chi connectivity index (χ0v) is 20.7. The highest BCUT2D eigenvalue weighted by Gasteiger charge is 2.16. The molecular weight excluding hydrogens is 472 g/mol. The van der Waals surface area contributed by atoms with Crippen LogP contribution in [-0.2, 0) is 22.9 Å². The normalized spacial score (nSPS) is 11.3. The average molecular weight is 501 g/mol. The molecule has 4 aromatic carbocycles. The lowest BCUT2D eigenvalue weighted by Gasteiger charge is -2.22. The lowest BCUT2D eigenvalue weighted by molar-refractivity contribution is 0.251. The molecule has 0 aliphatic heterocycles. The second kappa shape index (κ2) is 10.7. The summed E-state index contributed by atoms with van der Waals surface area (Å²) in [5.74, 6) is 0. The van der Waals surface area contributed by atoms with Gasteiger partial charge in [-0.15, -0.1) is 0 Å². The number of carbonyl (C=O) groups is 1. The molecule has 0 saturated heterocycles. The van der Waals surface area contributed by atoms with Crippen LogP contribution in [0.1, 0.15) is 11.1 Å². The number of amides is 2. The first-order valence-electron chi connectivity index (χ1n) is 11.4. The topological polar surface area (TPSA) is 119 Å². The molecule has 0 atom stereocenters. The molecule has 8 heteroatoms. The van der Waals surface area contributed by atoms with Gasteiger partial charge in [-0.25, -0.2) is 23.6 Å². The van der Waals surface area contributed by atoms with Gasteiger partial charge in [0.15, 0.2) is 9.84 Å². The minimum Gasteiger partial charge on any atom is -0.350 e. The quantitative estimate of drug-likeness (QED) is 0.309. The molecule has 0 aromatic heterocycles. The number of hydrogen-bond donors (Lipinski definition) is 3. The fourth-order valence-electron chi connectivity index (χ4n) is 3.97. The zero-order chi connectivity index (χ0) is 25.7. The maximum absolute atomic E-state index is 12.6. The van der Waals surface area contributed by atoms with Gasteiger partial charge in [0.1, 0.15) is 0 Å². The standard InChI is InChI=1S/C28H28N4O3S/c1-36(34,35)27-17-24(14-15-26(27)23-7-3-2-4-8-23)22-12-10-20(11-13-22)19-31-32(28(30)33)25-9-5-6-21(16-25)18-29/h2-17,31H,18-19,29H2,1H3,(H2,30,33). The van der Waals surface area contributed by atoms with Crippen LogP contribution < -0.4 is 21.9 Å². The molecule has 0 radical (unpaired) electrons. The van der Waals surface area contributed by atoms with E-state index in [-0.39, 0.29) is 4.90 Å². The SMILES string of the molecule is CS(=O)(=O)c1cc(-c2ccc(CNN(C(N)=O)c3cccc(CN)c3)cc2)ccc1-c1ccccc1. The van der Waals surface area contributed by atoms with Gasteiger partial charge in [-0.1, -0.05) is 78.9 Å². The van der Waals surface area contributed by atoms with Crippen LogP contribution in [0.15, 0.2) is 102 Å². The number of anilines is 1. The number of primary amides is 1. The van der Waals surface area contributed by atoms with Crippen molar-refractivity contribution in [1.82, 2.24) is 5.43 Å². The van der Waals surface area contributed by atoms with Gasteiger partial charge >= 0.3 is 6.03 Å². The lowest BCUT2D eigenvalue weighted by Crippen LogP contribution is -2.46. The van der Waals surface area contributed by atoms with Crippen molar-refractivity contribution in [2.24, 2.45) is 11.5 Å². The molecule has 36 heavy (non-hydrogen) atoms. The van der Waals surface area contributed by atoms with Crippen LogP contribution in [0.25, 0.3) is 22.3 Å². The van der Waals surface area contributed by atoms with Crippen molar-refractivity contribution in [1.29, 1.82) is 0 Å². The molecular formula is C28H28N4O3S. The summed E-state index contributed by atoms with van der Waals surface area (Å²) in [6.07, 6.45) is 1.22. The summed E-state index contributed by atoms with van der Waals surface area (Å²) in [7, 11) is -3.45. The third-order valence-electron chi connectivity index (χ3n) is 5.82. The third kappa shape index (κ3) is 5.80. The molecule has 0 bridgehead atoms. The molecule has 0 fully saturated rings. The Labute approximate surface area is 211 Å². The van der Waals surface area contributed by atoms with Crippen LogP contribution in [-0.4, -0.2) is 20.7 Å². The number of urea groups is 1. The highest BCUT2D eigenvalue weighted by Crippen LogP contribution is 2.32. The Balaban J connectivity index is 1.55. The molecule has 184 valence electrons. The predicted molar refractivity (Wildman–Crippen MR) is 144 cm³/mol. The van der Waals surface area contributed by atoms with Gasteiger partial charge in [-0.2, -0.15) is 0 Å². The number of hydrazine groups is 1. The molecule has 5 N–H and O–H groups in total. The molecule has 0 spiro atoms. The Morgan fingerprint density at radius 2 is 1.50 bits per heavy atom. The van der Waals surface area contributed by atoms with Gasteiger partial charge in [0, 0.05) is 24.9 Å². The summed E-state index contributed by atoms with van der Waals surface area (Å²) in [5, 5.41) is 1.29. The second-order valence-corrected chi connectivity index (χ2v) is 10.4. The number of hydrogen-bond acceptors (Lipinski definition) is 5. The number of rotatable bonds is 8. The van der Waals surface area contributed by atoms with Gasteiger partial charge < -0.3 is 11.5 Å². The smallest absolute Gasteiger partial charge is 0.333 e. The predicted octanol–water partition coefficient (Wildman–Crippen LogP) is 4.47. The summed E-state index contributed by atoms with van der Waals surface area (Å²) >= 11 is 0. The van der Waals surface area contributed by atoms with Crippen LogP contribution in [0, 0.1) is 0 Å². The zero-order valence-electron chi connectivity index (χ0n) is 19.9. The summed E-state index contributed by atoms with van der Waals surface area (Å²) in [6, 6.07) is 29.3. The van der Waals surface area contributed by atoms with E-state index in [1.165, 1.54) is 11.3 Å². The molecule has 4 aromatic rings. The Morgan fingerprint density at radius 1 is 0.806 bits per heavy atom. The highest BCUT2D eigenvalue weighted by molar-refractivity contribution is 7.90. The average Bonchev–Trinajstić information content (AvgIpc) is 2.89. The molecule has 7 nitrogen and oxygen atoms in total. The first-order chi connectivity index (χ1) is 17.3. The summed E-state index contributed by atoms with van der Waals surface area (Å²) in [5.41, 5.74) is 19.9. The third-order valence-corrected chi connectivity index (χ3v) is 6.96. The van der Waals surface area contributed by atoms with Gasteiger partial charge in [0.25, 0.3) is 0 Å². The van der Waals surface area contributed by atoms with Gasteiger partial charge in [-0.3, -0.25) is 0 Å². The Hall–Kier alpha value is -3.98. The van der Waals surface area contributed by atoms with E-state index in [2.05, 4.69) is 5.43 Å². The van der Waals surface area contributed by atoms with E-state index in [0.717, 1.165) is 27.8 Å². The fourth-order valence-corrected chi connectivity index (χ4v) is 4.90. The molecule has 2 amide bonds. The van der Waals surface area contributed by atoms with E-state index in [0.29, 0.717) is 24.3 Å². The van der Waals surface area contributed by atoms with Crippen LogP contribution in [0.2, 0.25) is 0 Å². The first-order valence-corrected chi connectivity index (χ1v) is 13.3. The fraction of sp³-hybridized carbons (Fsp3) is 0.107. The van der Waals surface area contributed by atoms with Crippen molar-refractivity contribution in [3.63, 3.8) is 0 Å². The van der Waals surface area contributed by atoms with Crippen molar-refractivity contribution in [3.8, 4) is 22.3 Å². The van der Waals surface area contributed by atoms with Crippen LogP contribution >= 0.6 is 0 Å². The number of nitrogens with zero attached hydrogens (tertiary/aromatic N) is 1. The molecule has 0 aliphatic rings. The van der Waals surface area contributed by atoms with Crippen LogP contribution in [0.5, 0.6) is 0 Å². The molecule has 0 aliphatic carbocycles. The molecule has 0 heterocycles. The van der Waals surface area contributed by atoms with Crippen molar-refractivity contribution >= 4 is 21.6 Å². The maximum Gasteiger partial charge on any atom is 0.333 e. The Kier molecular flexibility index (Phi) is 7.49. The molecule has 0 saturated carbocycles. The summed E-state index contributed by atoms with van der Waals surface area (Å²) < 4.78 is 25.1. The number of nitrogens with two attached hydrogens (primary N) is 2. The summed E-state index contributed by atoms with van der Waals surface area (Å²) in [6.45, 7) is 0.715. The Bertz CT molecular complexity index is 1470. The highest BCUT2D eigenvalue weighted by atomic mass is 32.2. The van der Waals surface area contributed by atoms with Gasteiger partial charge in [0.2, 0.25) is 0 Å². The van der Waals surface area contributed by atoms with E-state index in [1.807, 2.05) is 78.9 Å². The van der Waals surface area contributed by atoms with Crippen molar-refractivity contribution < 1.29 is 13.2 Å². The van der Waals surface area contributed by atoms with E-state index in [4.69, 9.17) is 11.5 Å². The Morgan fingerprint density at radius 3 is 2.14 bits per heavy atom. The van der Waals surface area contributed by atoms with Crippen molar-refractivity contribution in [2.75, 3.05) is 11.3 Å². The summed E-state index contributed by atoms with van der Waals surface area (Å²) in [4.78, 5) is 12.3. The van der Waals surface area contributed by atoms with Crippen LogP contribution in [0.3, 0.4) is 0 Å². The van der Waals surface area contributed by atoms with E-state index in [9.17, 15) is 13.2 Å². The van der Waals surface area contributed by atoms with Crippen molar-refractivity contribution in [3.05, 3.63) is 108 Å². The molecule has 0 unspecified atom stereocenters. The second-order valence-electron chi connectivity index (χ2n) is 8.43. The van der Waals surface area contributed by atoms with Crippen LogP contribution in [0.4, 0.5) is 10.5 Å². The lowest BCUT2D eigenvalue weighted by atomic mass is 9.99. The number of nitrogens with one attached hydrogen (secondary N) is 1. The maximum atomic E-state index is 12.6. The largest absolute Gasteiger partial charge is 0.350 e. The van der Waals surface area contributed by atoms with Gasteiger partial charge in [0.05, 0.1) is 10.6 Å². The first kappa shape index (κ1) is 25.1. The minimum absolute atomic E-state index is 0.286. The van der Waals surface area contributed by atoms with E-state index >= 15 is 0 Å². The van der Waals surface area contributed by atoms with E-state index in [1.54, 1.807) is 18.2 Å². The monoisotopic (exact) mass is 500 g/mol.